The molecule has 2 atom stereocenters. The fourth-order valence-corrected chi connectivity index (χ4v) is 2.61. The Bertz CT molecular complexity index is 535. The zero-order valence-electron chi connectivity index (χ0n) is 12.1. The van der Waals surface area contributed by atoms with E-state index in [1.807, 2.05) is 17.1 Å². The Labute approximate surface area is 120 Å². The van der Waals surface area contributed by atoms with Crippen LogP contribution in [0.3, 0.4) is 0 Å². The molecule has 20 heavy (non-hydrogen) atoms. The summed E-state index contributed by atoms with van der Waals surface area (Å²) >= 11 is 0. The first-order chi connectivity index (χ1) is 9.72. The van der Waals surface area contributed by atoms with Gasteiger partial charge in [0.05, 0.1) is 19.0 Å². The minimum absolute atomic E-state index is 0.330. The van der Waals surface area contributed by atoms with Crippen molar-refractivity contribution >= 4 is 0 Å². The summed E-state index contributed by atoms with van der Waals surface area (Å²) in [5.74, 6) is 0. The molecule has 0 aliphatic carbocycles. The van der Waals surface area contributed by atoms with Crippen LogP contribution in [0, 0.1) is 0 Å². The highest BCUT2D eigenvalue weighted by molar-refractivity contribution is 5.34. The van der Waals surface area contributed by atoms with Gasteiger partial charge >= 0.3 is 0 Å². The lowest BCUT2D eigenvalue weighted by Crippen LogP contribution is -2.46. The number of nitrogens with zero attached hydrogens (tertiary/aromatic N) is 3. The van der Waals surface area contributed by atoms with Crippen molar-refractivity contribution in [3.63, 3.8) is 0 Å². The summed E-state index contributed by atoms with van der Waals surface area (Å²) in [6.45, 7) is 7.19. The van der Waals surface area contributed by atoms with E-state index in [-0.39, 0.29) is 0 Å². The molecule has 2 heterocycles. The second-order valence-corrected chi connectivity index (χ2v) is 5.56. The lowest BCUT2D eigenvalue weighted by molar-refractivity contribution is -0.0526. The van der Waals surface area contributed by atoms with Crippen molar-refractivity contribution in [1.29, 1.82) is 0 Å². The zero-order chi connectivity index (χ0) is 13.9. The molecule has 1 saturated heterocycles. The van der Waals surface area contributed by atoms with Crippen molar-refractivity contribution in [2.45, 2.75) is 32.5 Å². The SMILES string of the molecule is C[C@H]1CN(Cc2ccc(-n3ccnc3)cc2)[C@@H](C)CO1. The van der Waals surface area contributed by atoms with Crippen molar-refractivity contribution in [3.05, 3.63) is 48.5 Å². The van der Waals surface area contributed by atoms with E-state index in [2.05, 4.69) is 48.0 Å². The third-order valence-electron chi connectivity index (χ3n) is 3.86. The Morgan fingerprint density at radius 2 is 2.05 bits per heavy atom. The molecular weight excluding hydrogens is 250 g/mol. The number of hydrogen-bond donors (Lipinski definition) is 0. The van der Waals surface area contributed by atoms with E-state index in [9.17, 15) is 0 Å². The maximum absolute atomic E-state index is 5.67. The maximum atomic E-state index is 5.67. The number of morpholine rings is 1. The van der Waals surface area contributed by atoms with Crippen molar-refractivity contribution < 1.29 is 4.74 Å². The minimum Gasteiger partial charge on any atom is -0.376 e. The topological polar surface area (TPSA) is 30.3 Å². The highest BCUT2D eigenvalue weighted by Crippen LogP contribution is 2.16. The molecule has 0 amide bonds. The molecule has 0 unspecified atom stereocenters. The monoisotopic (exact) mass is 271 g/mol. The van der Waals surface area contributed by atoms with Gasteiger partial charge in [-0.05, 0) is 31.5 Å². The van der Waals surface area contributed by atoms with Crippen LogP contribution in [-0.2, 0) is 11.3 Å². The molecule has 106 valence electrons. The molecule has 1 aliphatic rings. The Hall–Kier alpha value is -1.65. The highest BCUT2D eigenvalue weighted by Gasteiger charge is 2.23. The first-order valence-corrected chi connectivity index (χ1v) is 7.15. The third kappa shape index (κ3) is 2.92. The van der Waals surface area contributed by atoms with E-state index in [4.69, 9.17) is 4.74 Å². The van der Waals surface area contributed by atoms with E-state index >= 15 is 0 Å². The summed E-state index contributed by atoms with van der Waals surface area (Å²) in [5, 5.41) is 0. The van der Waals surface area contributed by atoms with Gasteiger partial charge in [0.25, 0.3) is 0 Å². The van der Waals surface area contributed by atoms with Gasteiger partial charge in [0, 0.05) is 37.2 Å². The lowest BCUT2D eigenvalue weighted by Gasteiger charge is -2.36. The van der Waals surface area contributed by atoms with Crippen molar-refractivity contribution in [2.75, 3.05) is 13.2 Å². The van der Waals surface area contributed by atoms with Crippen LogP contribution in [0.15, 0.2) is 43.0 Å². The van der Waals surface area contributed by atoms with Crippen LogP contribution in [0.1, 0.15) is 19.4 Å². The van der Waals surface area contributed by atoms with Gasteiger partial charge in [0.15, 0.2) is 0 Å². The van der Waals surface area contributed by atoms with Gasteiger partial charge in [-0.25, -0.2) is 4.98 Å². The molecule has 0 bridgehead atoms. The second kappa shape index (κ2) is 5.77. The molecular formula is C16H21N3O. The molecule has 3 rings (SSSR count). The van der Waals surface area contributed by atoms with Gasteiger partial charge in [0.1, 0.15) is 0 Å². The number of ether oxygens (including phenoxy) is 1. The normalized spacial score (nSPS) is 23.9. The zero-order valence-corrected chi connectivity index (χ0v) is 12.1. The Morgan fingerprint density at radius 1 is 1.25 bits per heavy atom. The van der Waals surface area contributed by atoms with Crippen LogP contribution in [0.4, 0.5) is 0 Å². The van der Waals surface area contributed by atoms with Gasteiger partial charge in [0.2, 0.25) is 0 Å². The van der Waals surface area contributed by atoms with E-state index in [1.165, 1.54) is 5.56 Å². The van der Waals surface area contributed by atoms with Gasteiger partial charge < -0.3 is 9.30 Å². The largest absolute Gasteiger partial charge is 0.376 e. The average Bonchev–Trinajstić information content (AvgIpc) is 2.98. The lowest BCUT2D eigenvalue weighted by atomic mass is 10.1. The third-order valence-corrected chi connectivity index (χ3v) is 3.86. The molecule has 2 aromatic rings. The fraction of sp³-hybridized carbons (Fsp3) is 0.438. The van der Waals surface area contributed by atoms with E-state index in [0.717, 1.165) is 25.4 Å². The van der Waals surface area contributed by atoms with Crippen LogP contribution in [0.25, 0.3) is 5.69 Å². The molecule has 4 nitrogen and oxygen atoms in total. The Kier molecular flexibility index (Phi) is 3.85. The van der Waals surface area contributed by atoms with Crippen molar-refractivity contribution in [2.24, 2.45) is 0 Å². The van der Waals surface area contributed by atoms with Crippen molar-refractivity contribution in [3.8, 4) is 5.69 Å². The fourth-order valence-electron chi connectivity index (χ4n) is 2.61. The summed E-state index contributed by atoms with van der Waals surface area (Å²) in [5.41, 5.74) is 2.49. The van der Waals surface area contributed by atoms with Gasteiger partial charge in [-0.2, -0.15) is 0 Å². The smallest absolute Gasteiger partial charge is 0.0991 e. The highest BCUT2D eigenvalue weighted by atomic mass is 16.5. The second-order valence-electron chi connectivity index (χ2n) is 5.56. The summed E-state index contributed by atoms with van der Waals surface area (Å²) in [6, 6.07) is 9.17. The van der Waals surface area contributed by atoms with E-state index in [1.54, 1.807) is 6.20 Å². The number of benzene rings is 1. The van der Waals surface area contributed by atoms with Crippen LogP contribution in [-0.4, -0.2) is 39.7 Å². The number of rotatable bonds is 3. The Morgan fingerprint density at radius 3 is 2.75 bits per heavy atom. The van der Waals surface area contributed by atoms with Crippen LogP contribution >= 0.6 is 0 Å². The molecule has 1 aliphatic heterocycles. The first kappa shape index (κ1) is 13.3. The maximum Gasteiger partial charge on any atom is 0.0991 e. The van der Waals surface area contributed by atoms with E-state index < -0.39 is 0 Å². The van der Waals surface area contributed by atoms with Gasteiger partial charge in [-0.3, -0.25) is 4.90 Å². The molecule has 1 aromatic carbocycles. The molecule has 4 heteroatoms. The minimum atomic E-state index is 0.330. The number of hydrogen-bond acceptors (Lipinski definition) is 3. The van der Waals surface area contributed by atoms with Crippen LogP contribution in [0.2, 0.25) is 0 Å². The number of imidazole rings is 1. The van der Waals surface area contributed by atoms with Gasteiger partial charge in [-0.15, -0.1) is 0 Å². The average molecular weight is 271 g/mol. The quantitative estimate of drug-likeness (QED) is 0.859. The molecule has 0 spiro atoms. The number of aromatic nitrogens is 2. The summed E-state index contributed by atoms with van der Waals surface area (Å²) in [4.78, 5) is 6.56. The van der Waals surface area contributed by atoms with E-state index in [0.29, 0.717) is 12.1 Å². The van der Waals surface area contributed by atoms with Crippen LogP contribution < -0.4 is 0 Å². The standard InChI is InChI=1S/C16H21N3O/c1-13-11-20-14(2)9-19(13)10-15-3-5-16(6-4-15)18-8-7-17-12-18/h3-8,12-14H,9-11H2,1-2H3/t13-,14-/m0/s1. The van der Waals surface area contributed by atoms with Crippen LogP contribution in [0.5, 0.6) is 0 Å². The van der Waals surface area contributed by atoms with Crippen molar-refractivity contribution in [1.82, 2.24) is 14.5 Å². The molecule has 0 N–H and O–H groups in total. The molecule has 1 aromatic heterocycles. The summed E-state index contributed by atoms with van der Waals surface area (Å²) < 4.78 is 7.69. The molecule has 0 radical (unpaired) electrons. The molecule has 1 fully saturated rings. The van der Waals surface area contributed by atoms with Gasteiger partial charge in [-0.1, -0.05) is 12.1 Å². The Balaban J connectivity index is 1.69. The first-order valence-electron chi connectivity index (χ1n) is 7.15. The predicted molar refractivity (Wildman–Crippen MR) is 78.9 cm³/mol. The molecule has 0 saturated carbocycles. The summed E-state index contributed by atoms with van der Waals surface area (Å²) in [7, 11) is 0. The summed E-state index contributed by atoms with van der Waals surface area (Å²) in [6.07, 6.45) is 5.91. The predicted octanol–water partition coefficient (Wildman–Crippen LogP) is 2.48.